The van der Waals surface area contributed by atoms with Crippen LogP contribution in [0.3, 0.4) is 0 Å². The molecule has 0 aliphatic carbocycles. The van der Waals surface area contributed by atoms with Gasteiger partial charge in [0.15, 0.2) is 0 Å². The second kappa shape index (κ2) is 5.62. The van der Waals surface area contributed by atoms with Gasteiger partial charge in [-0.3, -0.25) is 4.79 Å². The maximum atomic E-state index is 12.1. The fraction of sp³-hybridized carbons (Fsp3) is 0.818. The van der Waals surface area contributed by atoms with Crippen molar-refractivity contribution in [1.29, 1.82) is 0 Å². The molecule has 2 aliphatic heterocycles. The van der Waals surface area contributed by atoms with Crippen LogP contribution in [0.15, 0.2) is 0 Å². The number of hydrogen-bond acceptors (Lipinski definition) is 3. The number of rotatable bonds is 2. The van der Waals surface area contributed by atoms with Crippen molar-refractivity contribution in [2.75, 3.05) is 37.7 Å². The standard InChI is InChI=1S/C11H18N2O3S/c14-10(15)6-9-7-13(8-9)11(16)12-2-1-4-17-5-3-12/h9H,1-8H2,(H,14,15). The average molecular weight is 258 g/mol. The summed E-state index contributed by atoms with van der Waals surface area (Å²) in [5.41, 5.74) is 0. The Bertz CT molecular complexity index is 297. The molecule has 0 unspecified atom stereocenters. The highest BCUT2D eigenvalue weighted by molar-refractivity contribution is 7.99. The summed E-state index contributed by atoms with van der Waals surface area (Å²) in [6.07, 6.45) is 1.24. The summed E-state index contributed by atoms with van der Waals surface area (Å²) in [7, 11) is 0. The van der Waals surface area contributed by atoms with E-state index >= 15 is 0 Å². The molecule has 0 spiro atoms. The monoisotopic (exact) mass is 258 g/mol. The van der Waals surface area contributed by atoms with Gasteiger partial charge in [0.2, 0.25) is 0 Å². The Balaban J connectivity index is 1.76. The van der Waals surface area contributed by atoms with E-state index in [1.165, 1.54) is 0 Å². The lowest BCUT2D eigenvalue weighted by molar-refractivity contribution is -0.139. The topological polar surface area (TPSA) is 60.9 Å². The first-order valence-corrected chi connectivity index (χ1v) is 7.15. The molecule has 0 saturated carbocycles. The molecular weight excluding hydrogens is 240 g/mol. The lowest BCUT2D eigenvalue weighted by Crippen LogP contribution is -2.55. The molecule has 2 saturated heterocycles. The first-order valence-electron chi connectivity index (χ1n) is 6.00. The third kappa shape index (κ3) is 3.28. The van der Waals surface area contributed by atoms with Gasteiger partial charge in [0.05, 0.1) is 6.42 Å². The average Bonchev–Trinajstić information content (AvgIpc) is 2.50. The molecule has 2 amide bonds. The van der Waals surface area contributed by atoms with Gasteiger partial charge in [0.1, 0.15) is 0 Å². The summed E-state index contributed by atoms with van der Waals surface area (Å²) in [6, 6.07) is 0.0918. The van der Waals surface area contributed by atoms with Gasteiger partial charge in [-0.1, -0.05) is 0 Å². The molecule has 2 heterocycles. The molecule has 6 heteroatoms. The van der Waals surface area contributed by atoms with Gasteiger partial charge in [-0.15, -0.1) is 0 Å². The molecule has 2 fully saturated rings. The van der Waals surface area contributed by atoms with Crippen LogP contribution in [-0.4, -0.2) is 64.6 Å². The molecule has 0 aromatic rings. The Hall–Kier alpha value is -0.910. The number of aliphatic carboxylic acids is 1. The Morgan fingerprint density at radius 2 is 1.94 bits per heavy atom. The van der Waals surface area contributed by atoms with Crippen molar-refractivity contribution in [3.63, 3.8) is 0 Å². The van der Waals surface area contributed by atoms with Crippen molar-refractivity contribution in [3.8, 4) is 0 Å². The van der Waals surface area contributed by atoms with Crippen molar-refractivity contribution in [1.82, 2.24) is 9.80 Å². The van der Waals surface area contributed by atoms with Crippen LogP contribution >= 0.6 is 11.8 Å². The maximum Gasteiger partial charge on any atom is 0.320 e. The van der Waals surface area contributed by atoms with E-state index in [9.17, 15) is 9.59 Å². The summed E-state index contributed by atoms with van der Waals surface area (Å²) < 4.78 is 0. The molecule has 0 radical (unpaired) electrons. The number of carbonyl (C=O) groups is 2. The van der Waals surface area contributed by atoms with Gasteiger partial charge in [-0.2, -0.15) is 11.8 Å². The van der Waals surface area contributed by atoms with Crippen LogP contribution in [0.25, 0.3) is 0 Å². The van der Waals surface area contributed by atoms with E-state index in [-0.39, 0.29) is 18.4 Å². The second-order valence-corrected chi connectivity index (χ2v) is 5.83. The Morgan fingerprint density at radius 3 is 2.65 bits per heavy atom. The minimum atomic E-state index is -0.770. The number of carbonyl (C=O) groups excluding carboxylic acids is 1. The minimum absolute atomic E-state index is 0.0918. The molecule has 96 valence electrons. The fourth-order valence-corrected chi connectivity index (χ4v) is 3.13. The Morgan fingerprint density at radius 1 is 1.18 bits per heavy atom. The fourth-order valence-electron chi connectivity index (χ4n) is 2.24. The molecule has 1 N–H and O–H groups in total. The third-order valence-electron chi connectivity index (χ3n) is 3.18. The Kier molecular flexibility index (Phi) is 4.15. The largest absolute Gasteiger partial charge is 0.481 e. The zero-order chi connectivity index (χ0) is 12.3. The van der Waals surface area contributed by atoms with Crippen LogP contribution in [0.4, 0.5) is 4.79 Å². The van der Waals surface area contributed by atoms with Crippen LogP contribution in [0, 0.1) is 5.92 Å². The quantitative estimate of drug-likeness (QED) is 0.801. The van der Waals surface area contributed by atoms with Crippen LogP contribution in [-0.2, 0) is 4.79 Å². The maximum absolute atomic E-state index is 12.1. The molecule has 2 aliphatic rings. The number of likely N-dealkylation sites (tertiary alicyclic amines) is 1. The van der Waals surface area contributed by atoms with Gasteiger partial charge in [-0.25, -0.2) is 4.79 Å². The molecule has 2 rings (SSSR count). The van der Waals surface area contributed by atoms with Gasteiger partial charge in [-0.05, 0) is 12.2 Å². The summed E-state index contributed by atoms with van der Waals surface area (Å²) >= 11 is 1.89. The van der Waals surface area contributed by atoms with Crippen LogP contribution in [0.1, 0.15) is 12.8 Å². The summed E-state index contributed by atoms with van der Waals surface area (Å²) in [4.78, 5) is 26.2. The molecule has 17 heavy (non-hydrogen) atoms. The van der Waals surface area contributed by atoms with Gasteiger partial charge in [0, 0.05) is 37.8 Å². The smallest absolute Gasteiger partial charge is 0.320 e. The lowest BCUT2D eigenvalue weighted by Gasteiger charge is -2.41. The molecule has 5 nitrogen and oxygen atoms in total. The van der Waals surface area contributed by atoms with Crippen LogP contribution in [0.2, 0.25) is 0 Å². The number of thioether (sulfide) groups is 1. The zero-order valence-corrected chi connectivity index (χ0v) is 10.6. The SMILES string of the molecule is O=C(O)CC1CN(C(=O)N2CCCSCC2)C1. The van der Waals surface area contributed by atoms with E-state index in [1.807, 2.05) is 16.7 Å². The molecule has 0 bridgehead atoms. The molecule has 0 aromatic carbocycles. The highest BCUT2D eigenvalue weighted by Crippen LogP contribution is 2.21. The lowest BCUT2D eigenvalue weighted by atomic mass is 9.97. The van der Waals surface area contributed by atoms with Gasteiger partial charge >= 0.3 is 12.0 Å². The highest BCUT2D eigenvalue weighted by atomic mass is 32.2. The summed E-state index contributed by atoms with van der Waals surface area (Å²) in [6.45, 7) is 2.87. The third-order valence-corrected chi connectivity index (χ3v) is 4.23. The number of amides is 2. The minimum Gasteiger partial charge on any atom is -0.481 e. The summed E-state index contributed by atoms with van der Waals surface area (Å²) in [5, 5.41) is 8.64. The van der Waals surface area contributed by atoms with E-state index in [0.717, 1.165) is 31.0 Å². The van der Waals surface area contributed by atoms with Crippen molar-refractivity contribution < 1.29 is 14.7 Å². The van der Waals surface area contributed by atoms with E-state index in [4.69, 9.17) is 5.11 Å². The first-order chi connectivity index (χ1) is 8.16. The zero-order valence-electron chi connectivity index (χ0n) is 9.80. The Labute approximate surface area is 105 Å². The van der Waals surface area contributed by atoms with E-state index < -0.39 is 5.97 Å². The number of carboxylic acids is 1. The number of hydrogen-bond donors (Lipinski definition) is 1. The summed E-state index contributed by atoms with van der Waals surface area (Å²) in [5.74, 6) is 1.52. The van der Waals surface area contributed by atoms with Crippen LogP contribution < -0.4 is 0 Å². The number of carboxylic acid groups (broad SMARTS) is 1. The number of urea groups is 1. The van der Waals surface area contributed by atoms with Gasteiger partial charge in [0.25, 0.3) is 0 Å². The first kappa shape index (κ1) is 12.5. The number of nitrogens with zero attached hydrogens (tertiary/aromatic N) is 2. The molecule has 0 aromatic heterocycles. The van der Waals surface area contributed by atoms with Crippen molar-refractivity contribution in [2.45, 2.75) is 12.8 Å². The van der Waals surface area contributed by atoms with E-state index in [2.05, 4.69) is 0 Å². The normalized spacial score (nSPS) is 21.9. The van der Waals surface area contributed by atoms with E-state index in [1.54, 1.807) is 4.90 Å². The van der Waals surface area contributed by atoms with Crippen molar-refractivity contribution in [3.05, 3.63) is 0 Å². The predicted molar refractivity (Wildman–Crippen MR) is 66.2 cm³/mol. The van der Waals surface area contributed by atoms with E-state index in [0.29, 0.717) is 13.1 Å². The van der Waals surface area contributed by atoms with Crippen molar-refractivity contribution >= 4 is 23.8 Å². The molecule has 0 atom stereocenters. The van der Waals surface area contributed by atoms with Crippen molar-refractivity contribution in [2.24, 2.45) is 5.92 Å². The van der Waals surface area contributed by atoms with Gasteiger partial charge < -0.3 is 14.9 Å². The van der Waals surface area contributed by atoms with Crippen LogP contribution in [0.5, 0.6) is 0 Å². The highest BCUT2D eigenvalue weighted by Gasteiger charge is 2.34. The second-order valence-electron chi connectivity index (χ2n) is 4.60. The predicted octanol–water partition coefficient (Wildman–Crippen LogP) is 0.952. The molecular formula is C11H18N2O3S.